The monoisotopic (exact) mass is 479 g/mol. The van der Waals surface area contributed by atoms with Crippen molar-refractivity contribution in [2.45, 2.75) is 64.0 Å². The molecule has 0 radical (unpaired) electrons. The van der Waals surface area contributed by atoms with E-state index in [1.807, 2.05) is 18.2 Å². The minimum Gasteiger partial charge on any atom is -0.477 e. The van der Waals surface area contributed by atoms with Crippen molar-refractivity contribution in [3.8, 4) is 11.8 Å². The molecule has 0 saturated carbocycles. The molecule has 6 heteroatoms. The van der Waals surface area contributed by atoms with E-state index in [4.69, 9.17) is 5.11 Å². The highest BCUT2D eigenvalue weighted by molar-refractivity contribution is 7.14. The van der Waals surface area contributed by atoms with Gasteiger partial charge in [0.25, 0.3) is 0 Å². The zero-order valence-electron chi connectivity index (χ0n) is 19.7. The maximum atomic E-state index is 12.3. The van der Waals surface area contributed by atoms with Crippen molar-refractivity contribution in [3.05, 3.63) is 69.9 Å². The number of carbonyl (C=O) groups is 2. The summed E-state index contributed by atoms with van der Waals surface area (Å²) in [5, 5.41) is 19.6. The van der Waals surface area contributed by atoms with Gasteiger partial charge in [-0.15, -0.1) is 11.3 Å². The fraction of sp³-hybridized carbons (Fsp3) is 0.429. The summed E-state index contributed by atoms with van der Waals surface area (Å²) in [6.07, 6.45) is 9.91. The molecule has 0 aliphatic carbocycles. The van der Waals surface area contributed by atoms with Crippen molar-refractivity contribution in [2.24, 2.45) is 5.92 Å². The second-order valence-corrected chi connectivity index (χ2v) is 9.92. The Morgan fingerprint density at radius 2 is 2.00 bits per heavy atom. The molecule has 34 heavy (non-hydrogen) atoms. The summed E-state index contributed by atoms with van der Waals surface area (Å²) in [6.45, 7) is 2.36. The zero-order chi connectivity index (χ0) is 24.3. The Balaban J connectivity index is 1.42. The first kappa shape index (κ1) is 25.7. The molecule has 3 rings (SSSR count). The van der Waals surface area contributed by atoms with E-state index in [1.54, 1.807) is 11.0 Å². The second-order valence-electron chi connectivity index (χ2n) is 8.84. The van der Waals surface area contributed by atoms with E-state index < -0.39 is 12.1 Å². The Hall–Kier alpha value is -2.88. The lowest BCUT2D eigenvalue weighted by Crippen LogP contribution is -2.32. The predicted octanol–water partition coefficient (Wildman–Crippen LogP) is 5.15. The summed E-state index contributed by atoms with van der Waals surface area (Å²) < 4.78 is 0. The fourth-order valence-electron chi connectivity index (χ4n) is 4.11. The van der Waals surface area contributed by atoms with Gasteiger partial charge in [-0.05, 0) is 49.3 Å². The standard InChI is InChI=1S/C28H33NO4S/c1-21(9-4-2-5-10-22-11-6-3-7-12-22)25(30)17-14-23-15-19-27(31)29(23)20-8-13-24-16-18-26(34-24)28(32)33/h3,6-7,11-12,14,16-18,21,23,25,30H,2,4-5,9-10,15,19-20H2,1H3,(H,32,33)/b17-14+/t21-,23-,25+/m0/s1. The number of likely N-dealkylation sites (tertiary alicyclic amines) is 1. The van der Waals surface area contributed by atoms with Crippen molar-refractivity contribution in [1.82, 2.24) is 4.90 Å². The van der Waals surface area contributed by atoms with Crippen molar-refractivity contribution in [1.29, 1.82) is 0 Å². The molecule has 0 bridgehead atoms. The topological polar surface area (TPSA) is 77.8 Å². The highest BCUT2D eigenvalue weighted by atomic mass is 32.1. The van der Waals surface area contributed by atoms with Crippen molar-refractivity contribution < 1.29 is 19.8 Å². The van der Waals surface area contributed by atoms with Crippen LogP contribution < -0.4 is 0 Å². The number of aryl methyl sites for hydroxylation is 1. The van der Waals surface area contributed by atoms with Crippen LogP contribution in [0.1, 0.15) is 65.6 Å². The van der Waals surface area contributed by atoms with Crippen LogP contribution in [0.15, 0.2) is 54.6 Å². The van der Waals surface area contributed by atoms with Crippen LogP contribution in [0.2, 0.25) is 0 Å². The molecule has 180 valence electrons. The molecule has 1 amide bonds. The number of thiophene rings is 1. The molecule has 2 N–H and O–H groups in total. The highest BCUT2D eigenvalue weighted by Gasteiger charge is 2.28. The summed E-state index contributed by atoms with van der Waals surface area (Å²) >= 11 is 1.13. The predicted molar refractivity (Wildman–Crippen MR) is 136 cm³/mol. The quantitative estimate of drug-likeness (QED) is 0.266. The number of aliphatic hydroxyl groups excluding tert-OH is 1. The molecule has 1 aliphatic heterocycles. The lowest BCUT2D eigenvalue weighted by atomic mass is 9.95. The number of nitrogens with zero attached hydrogens (tertiary/aromatic N) is 1. The van der Waals surface area contributed by atoms with Crippen LogP contribution in [0.4, 0.5) is 0 Å². The van der Waals surface area contributed by atoms with Gasteiger partial charge in [-0.25, -0.2) is 4.79 Å². The average Bonchev–Trinajstić information content (AvgIpc) is 3.45. The summed E-state index contributed by atoms with van der Waals surface area (Å²) in [6, 6.07) is 13.7. The molecule has 2 aromatic rings. The Morgan fingerprint density at radius 1 is 1.21 bits per heavy atom. The number of rotatable bonds is 11. The maximum absolute atomic E-state index is 12.3. The van der Waals surface area contributed by atoms with Crippen molar-refractivity contribution >= 4 is 23.2 Å². The van der Waals surface area contributed by atoms with Crippen LogP contribution in [0, 0.1) is 17.8 Å². The van der Waals surface area contributed by atoms with Crippen LogP contribution >= 0.6 is 11.3 Å². The smallest absolute Gasteiger partial charge is 0.345 e. The highest BCUT2D eigenvalue weighted by Crippen LogP contribution is 2.21. The molecule has 3 atom stereocenters. The normalized spacial score (nSPS) is 17.5. The minimum absolute atomic E-state index is 0.0577. The Labute approximate surface area is 206 Å². The maximum Gasteiger partial charge on any atom is 0.345 e. The van der Waals surface area contributed by atoms with Crippen LogP contribution in [0.3, 0.4) is 0 Å². The lowest BCUT2D eigenvalue weighted by molar-refractivity contribution is -0.127. The number of carboxylic acid groups (broad SMARTS) is 1. The number of hydrogen-bond acceptors (Lipinski definition) is 4. The first-order valence-electron chi connectivity index (χ1n) is 12.0. The summed E-state index contributed by atoms with van der Waals surface area (Å²) in [7, 11) is 0. The molecule has 1 aromatic heterocycles. The number of aromatic carboxylic acids is 1. The van der Waals surface area contributed by atoms with Crippen LogP contribution in [-0.4, -0.2) is 45.7 Å². The molecule has 1 fully saturated rings. The van der Waals surface area contributed by atoms with Gasteiger partial charge in [0.05, 0.1) is 23.6 Å². The Morgan fingerprint density at radius 3 is 2.74 bits per heavy atom. The van der Waals surface area contributed by atoms with Crippen LogP contribution in [-0.2, 0) is 11.2 Å². The SMILES string of the molecule is C[C@@H](CCCCCc1ccccc1)[C@H](O)/C=C/[C@H]1CCC(=O)N1CC#Cc1ccc(C(=O)O)s1. The fourth-order valence-corrected chi connectivity index (χ4v) is 4.83. The number of amides is 1. The molecule has 2 heterocycles. The first-order chi connectivity index (χ1) is 16.4. The van der Waals surface area contributed by atoms with Crippen LogP contribution in [0.25, 0.3) is 0 Å². The molecule has 1 saturated heterocycles. The van der Waals surface area contributed by atoms with E-state index in [0.29, 0.717) is 17.8 Å². The molecule has 5 nitrogen and oxygen atoms in total. The summed E-state index contributed by atoms with van der Waals surface area (Å²) in [5.74, 6) is 5.21. The molecule has 1 aromatic carbocycles. The van der Waals surface area contributed by atoms with Gasteiger partial charge in [-0.2, -0.15) is 0 Å². The molecular formula is C28H33NO4S. The number of carboxylic acids is 1. The molecular weight excluding hydrogens is 446 g/mol. The largest absolute Gasteiger partial charge is 0.477 e. The Kier molecular flexibility index (Phi) is 9.93. The number of aliphatic hydroxyl groups is 1. The number of benzene rings is 1. The van der Waals surface area contributed by atoms with Gasteiger partial charge in [0.15, 0.2) is 0 Å². The van der Waals surface area contributed by atoms with Gasteiger partial charge < -0.3 is 15.1 Å². The molecule has 0 unspecified atom stereocenters. The van der Waals surface area contributed by atoms with E-state index in [9.17, 15) is 14.7 Å². The van der Waals surface area contributed by atoms with Gasteiger partial charge >= 0.3 is 5.97 Å². The van der Waals surface area contributed by atoms with Crippen molar-refractivity contribution in [2.75, 3.05) is 6.54 Å². The van der Waals surface area contributed by atoms with E-state index in [-0.39, 0.29) is 22.7 Å². The van der Waals surface area contributed by atoms with E-state index in [0.717, 1.165) is 49.9 Å². The second kappa shape index (κ2) is 13.1. The van der Waals surface area contributed by atoms with Gasteiger partial charge in [0.2, 0.25) is 5.91 Å². The lowest BCUT2D eigenvalue weighted by Gasteiger charge is -2.21. The Bertz CT molecular complexity index is 1030. The van der Waals surface area contributed by atoms with E-state index in [2.05, 4.69) is 43.0 Å². The van der Waals surface area contributed by atoms with E-state index >= 15 is 0 Å². The third-order valence-corrected chi connectivity index (χ3v) is 7.22. The van der Waals surface area contributed by atoms with Gasteiger partial charge in [0.1, 0.15) is 4.88 Å². The first-order valence-corrected chi connectivity index (χ1v) is 12.8. The van der Waals surface area contributed by atoms with Crippen molar-refractivity contribution in [3.63, 3.8) is 0 Å². The molecule has 0 spiro atoms. The van der Waals surface area contributed by atoms with E-state index in [1.165, 1.54) is 11.6 Å². The number of unbranched alkanes of at least 4 members (excludes halogenated alkanes) is 2. The third-order valence-electron chi connectivity index (χ3n) is 6.23. The average molecular weight is 480 g/mol. The zero-order valence-corrected chi connectivity index (χ0v) is 20.5. The number of carbonyl (C=O) groups excluding carboxylic acids is 1. The third kappa shape index (κ3) is 7.86. The minimum atomic E-state index is -0.960. The number of hydrogen-bond donors (Lipinski definition) is 2. The summed E-state index contributed by atoms with van der Waals surface area (Å²) in [5.41, 5.74) is 1.37. The van der Waals surface area contributed by atoms with Gasteiger partial charge in [-0.3, -0.25) is 4.79 Å². The van der Waals surface area contributed by atoms with Gasteiger partial charge in [-0.1, -0.05) is 74.1 Å². The molecule has 1 aliphatic rings. The summed E-state index contributed by atoms with van der Waals surface area (Å²) in [4.78, 5) is 25.9. The van der Waals surface area contributed by atoms with Gasteiger partial charge in [0, 0.05) is 6.42 Å². The van der Waals surface area contributed by atoms with Crippen LogP contribution in [0.5, 0.6) is 0 Å².